The average molecular weight is 306 g/mol. The third-order valence-corrected chi connectivity index (χ3v) is 3.55. The standard InChI is InChI=1S/C17H26N2OS/c1-2-3-4-5-9-14-18-17(21)19-16(20)13-12-15-10-7-6-8-11-15/h6-8,10-11H,2-5,9,12-14H2,1H3,(H2,18,19,20,21). The lowest BCUT2D eigenvalue weighted by Crippen LogP contribution is -2.39. The number of thiocarbonyl (C=S) groups is 1. The van der Waals surface area contributed by atoms with E-state index in [2.05, 4.69) is 17.6 Å². The molecular formula is C17H26N2OS. The van der Waals surface area contributed by atoms with Crippen LogP contribution in [0.4, 0.5) is 0 Å². The fraction of sp³-hybridized carbons (Fsp3) is 0.529. The molecule has 0 radical (unpaired) electrons. The molecule has 0 unspecified atom stereocenters. The SMILES string of the molecule is CCCCCCCNC(=S)NC(=O)CCc1ccccc1. The van der Waals surface area contributed by atoms with Gasteiger partial charge >= 0.3 is 0 Å². The number of aryl methyl sites for hydroxylation is 1. The van der Waals surface area contributed by atoms with Gasteiger partial charge in [-0.05, 0) is 30.6 Å². The summed E-state index contributed by atoms with van der Waals surface area (Å²) in [6.45, 7) is 3.04. The number of amides is 1. The molecule has 0 aliphatic heterocycles. The van der Waals surface area contributed by atoms with E-state index < -0.39 is 0 Å². The molecule has 0 atom stereocenters. The highest BCUT2D eigenvalue weighted by atomic mass is 32.1. The van der Waals surface area contributed by atoms with Gasteiger partial charge in [-0.2, -0.15) is 0 Å². The summed E-state index contributed by atoms with van der Waals surface area (Å²) in [5, 5.41) is 6.27. The predicted octanol–water partition coefficient (Wildman–Crippen LogP) is 3.58. The van der Waals surface area contributed by atoms with Gasteiger partial charge in [-0.15, -0.1) is 0 Å². The van der Waals surface area contributed by atoms with Gasteiger partial charge in [0, 0.05) is 13.0 Å². The second-order valence-corrected chi connectivity index (χ2v) is 5.61. The smallest absolute Gasteiger partial charge is 0.226 e. The Kier molecular flexibility index (Phi) is 9.46. The van der Waals surface area contributed by atoms with E-state index in [1.807, 2.05) is 30.3 Å². The minimum Gasteiger partial charge on any atom is -0.362 e. The van der Waals surface area contributed by atoms with Crippen LogP contribution in [0.15, 0.2) is 30.3 Å². The van der Waals surface area contributed by atoms with Gasteiger partial charge in [-0.1, -0.05) is 62.9 Å². The van der Waals surface area contributed by atoms with Gasteiger partial charge in [-0.25, -0.2) is 0 Å². The second kappa shape index (κ2) is 11.3. The van der Waals surface area contributed by atoms with Crippen LogP contribution >= 0.6 is 12.2 Å². The number of hydrogen-bond donors (Lipinski definition) is 2. The number of carbonyl (C=O) groups excluding carboxylic acids is 1. The zero-order chi connectivity index (χ0) is 15.3. The maximum atomic E-state index is 11.8. The maximum Gasteiger partial charge on any atom is 0.226 e. The van der Waals surface area contributed by atoms with E-state index in [9.17, 15) is 4.79 Å². The van der Waals surface area contributed by atoms with Gasteiger partial charge in [0.25, 0.3) is 0 Å². The molecule has 0 bridgehead atoms. The average Bonchev–Trinajstić information content (AvgIpc) is 2.50. The monoisotopic (exact) mass is 306 g/mol. The van der Waals surface area contributed by atoms with Crippen molar-refractivity contribution >= 4 is 23.2 Å². The molecule has 116 valence electrons. The van der Waals surface area contributed by atoms with Crippen molar-refractivity contribution in [3.05, 3.63) is 35.9 Å². The third kappa shape index (κ3) is 9.19. The summed E-state index contributed by atoms with van der Waals surface area (Å²) in [6, 6.07) is 10.00. The molecule has 1 aromatic carbocycles. The molecule has 4 heteroatoms. The number of benzene rings is 1. The van der Waals surface area contributed by atoms with Crippen molar-refractivity contribution in [1.82, 2.24) is 10.6 Å². The Morgan fingerprint density at radius 2 is 1.81 bits per heavy atom. The van der Waals surface area contributed by atoms with Gasteiger partial charge in [0.1, 0.15) is 0 Å². The lowest BCUT2D eigenvalue weighted by Gasteiger charge is -2.09. The van der Waals surface area contributed by atoms with Crippen LogP contribution in [0, 0.1) is 0 Å². The first-order valence-electron chi connectivity index (χ1n) is 7.84. The van der Waals surface area contributed by atoms with E-state index in [1.165, 1.54) is 31.2 Å². The van der Waals surface area contributed by atoms with Crippen molar-refractivity contribution in [3.63, 3.8) is 0 Å². The Bertz CT molecular complexity index is 420. The molecule has 0 heterocycles. The van der Waals surface area contributed by atoms with Crippen molar-refractivity contribution in [3.8, 4) is 0 Å². The van der Waals surface area contributed by atoms with Gasteiger partial charge < -0.3 is 10.6 Å². The molecule has 0 aromatic heterocycles. The molecule has 0 saturated carbocycles. The Balaban J connectivity index is 2.06. The second-order valence-electron chi connectivity index (χ2n) is 5.20. The summed E-state index contributed by atoms with van der Waals surface area (Å²) >= 11 is 5.12. The molecule has 2 N–H and O–H groups in total. The third-order valence-electron chi connectivity index (χ3n) is 3.30. The van der Waals surface area contributed by atoms with Crippen LogP contribution in [-0.4, -0.2) is 17.6 Å². The number of nitrogens with one attached hydrogen (secondary N) is 2. The fourth-order valence-electron chi connectivity index (χ4n) is 2.07. The van der Waals surface area contributed by atoms with Gasteiger partial charge in [0.15, 0.2) is 5.11 Å². The number of carbonyl (C=O) groups is 1. The highest BCUT2D eigenvalue weighted by molar-refractivity contribution is 7.80. The molecular weight excluding hydrogens is 280 g/mol. The highest BCUT2D eigenvalue weighted by Gasteiger charge is 2.04. The van der Waals surface area contributed by atoms with E-state index in [-0.39, 0.29) is 5.91 Å². The van der Waals surface area contributed by atoms with Crippen LogP contribution < -0.4 is 10.6 Å². The van der Waals surface area contributed by atoms with Crippen molar-refractivity contribution in [2.45, 2.75) is 51.9 Å². The van der Waals surface area contributed by atoms with E-state index in [0.29, 0.717) is 11.5 Å². The number of rotatable bonds is 9. The van der Waals surface area contributed by atoms with Crippen LogP contribution in [0.2, 0.25) is 0 Å². The van der Waals surface area contributed by atoms with E-state index >= 15 is 0 Å². The van der Waals surface area contributed by atoms with Crippen LogP contribution in [0.3, 0.4) is 0 Å². The Labute approximate surface area is 133 Å². The summed E-state index contributed by atoms with van der Waals surface area (Å²) in [7, 11) is 0. The highest BCUT2D eigenvalue weighted by Crippen LogP contribution is 2.02. The molecule has 0 spiro atoms. The fourth-order valence-corrected chi connectivity index (χ4v) is 2.28. The first-order chi connectivity index (χ1) is 10.2. The molecule has 3 nitrogen and oxygen atoms in total. The topological polar surface area (TPSA) is 41.1 Å². The lowest BCUT2D eigenvalue weighted by atomic mass is 10.1. The van der Waals surface area contributed by atoms with Gasteiger partial charge in [0.05, 0.1) is 0 Å². The molecule has 0 aliphatic rings. The van der Waals surface area contributed by atoms with Crippen molar-refractivity contribution < 1.29 is 4.79 Å². The Hall–Kier alpha value is -1.42. The first-order valence-corrected chi connectivity index (χ1v) is 8.24. The van der Waals surface area contributed by atoms with Crippen molar-refractivity contribution in [2.24, 2.45) is 0 Å². The van der Waals surface area contributed by atoms with Crippen LogP contribution in [0.1, 0.15) is 51.0 Å². The molecule has 0 aliphatic carbocycles. The number of hydrogen-bond acceptors (Lipinski definition) is 2. The largest absolute Gasteiger partial charge is 0.362 e. The Morgan fingerprint density at radius 1 is 1.10 bits per heavy atom. The minimum absolute atomic E-state index is 0.0256. The van der Waals surface area contributed by atoms with Gasteiger partial charge in [0.2, 0.25) is 5.91 Å². The quantitative estimate of drug-likeness (QED) is 0.541. The molecule has 1 amide bonds. The summed E-state index contributed by atoms with van der Waals surface area (Å²) in [5.74, 6) is -0.0256. The molecule has 0 fully saturated rings. The zero-order valence-electron chi connectivity index (χ0n) is 12.9. The Morgan fingerprint density at radius 3 is 2.52 bits per heavy atom. The van der Waals surface area contributed by atoms with Crippen LogP contribution in [-0.2, 0) is 11.2 Å². The summed E-state index contributed by atoms with van der Waals surface area (Å²) in [6.07, 6.45) is 7.33. The lowest BCUT2D eigenvalue weighted by molar-refractivity contribution is -0.119. The summed E-state index contributed by atoms with van der Waals surface area (Å²) < 4.78 is 0. The normalized spacial score (nSPS) is 10.1. The maximum absolute atomic E-state index is 11.8. The summed E-state index contributed by atoms with van der Waals surface area (Å²) in [4.78, 5) is 11.8. The van der Waals surface area contributed by atoms with Crippen LogP contribution in [0.25, 0.3) is 0 Å². The van der Waals surface area contributed by atoms with E-state index in [0.717, 1.165) is 19.4 Å². The first kappa shape index (κ1) is 17.6. The molecule has 0 saturated heterocycles. The molecule has 21 heavy (non-hydrogen) atoms. The van der Waals surface area contributed by atoms with E-state index in [4.69, 9.17) is 12.2 Å². The van der Waals surface area contributed by atoms with Gasteiger partial charge in [-0.3, -0.25) is 4.79 Å². The molecule has 1 rings (SSSR count). The summed E-state index contributed by atoms with van der Waals surface area (Å²) in [5.41, 5.74) is 1.17. The van der Waals surface area contributed by atoms with Crippen molar-refractivity contribution in [1.29, 1.82) is 0 Å². The van der Waals surface area contributed by atoms with Crippen molar-refractivity contribution in [2.75, 3.05) is 6.54 Å². The zero-order valence-corrected chi connectivity index (χ0v) is 13.7. The predicted molar refractivity (Wildman–Crippen MR) is 92.3 cm³/mol. The van der Waals surface area contributed by atoms with E-state index in [1.54, 1.807) is 0 Å². The minimum atomic E-state index is -0.0256. The number of unbranched alkanes of at least 4 members (excludes halogenated alkanes) is 4. The molecule has 1 aromatic rings. The van der Waals surface area contributed by atoms with Crippen LogP contribution in [0.5, 0.6) is 0 Å².